The van der Waals surface area contributed by atoms with Crippen LogP contribution < -0.4 is 10.4 Å². The predicted octanol–water partition coefficient (Wildman–Crippen LogP) is 11.3. The maximum atomic E-state index is 14.8. The van der Waals surface area contributed by atoms with Crippen LogP contribution in [-0.4, -0.2) is 36.3 Å². The van der Waals surface area contributed by atoms with Gasteiger partial charge >= 0.3 is 18.0 Å². The molecule has 53 heavy (non-hydrogen) atoms. The first-order valence-corrected chi connectivity index (χ1v) is 20.5. The van der Waals surface area contributed by atoms with Gasteiger partial charge in [-0.15, -0.1) is 34.9 Å². The van der Waals surface area contributed by atoms with Crippen molar-refractivity contribution in [3.8, 4) is 22.4 Å². The van der Waals surface area contributed by atoms with Gasteiger partial charge in [-0.3, -0.25) is 4.79 Å². The second-order valence-electron chi connectivity index (χ2n) is 14.0. The van der Waals surface area contributed by atoms with E-state index in [9.17, 15) is 40.6 Å². The van der Waals surface area contributed by atoms with Gasteiger partial charge in [0.05, 0.1) is 5.76 Å². The predicted molar refractivity (Wildman–Crippen MR) is 196 cm³/mol. The smallest absolute Gasteiger partial charge is 0.435 e. The molecule has 0 fully saturated rings. The minimum absolute atomic E-state index is 0. The molecule has 4 aromatic rings. The number of carbonyl (C=O) groups is 1. The average molecular weight is 937 g/mol. The second kappa shape index (κ2) is 16.6. The zero-order valence-corrected chi connectivity index (χ0v) is 34.4. The molecule has 0 unspecified atom stereocenters. The number of halogens is 7. The summed E-state index contributed by atoms with van der Waals surface area (Å²) in [7, 11) is -2.57. The van der Waals surface area contributed by atoms with Crippen LogP contribution in [0.4, 0.5) is 30.7 Å². The monoisotopic (exact) mass is 937 g/mol. The molecule has 2 heterocycles. The van der Waals surface area contributed by atoms with Crippen molar-refractivity contribution < 1.29 is 60.7 Å². The van der Waals surface area contributed by atoms with Gasteiger partial charge in [-0.2, -0.15) is 26.3 Å². The van der Waals surface area contributed by atoms with Crippen molar-refractivity contribution in [1.82, 2.24) is 4.98 Å². The van der Waals surface area contributed by atoms with Gasteiger partial charge in [-0.25, -0.2) is 4.39 Å². The molecule has 1 N–H and O–H groups in total. The number of rotatable bonds is 9. The van der Waals surface area contributed by atoms with E-state index >= 15 is 0 Å². The van der Waals surface area contributed by atoms with Crippen LogP contribution in [-0.2, 0) is 30.6 Å². The molecule has 0 saturated carbocycles. The van der Waals surface area contributed by atoms with E-state index in [0.717, 1.165) is 69.6 Å². The van der Waals surface area contributed by atoms with Crippen molar-refractivity contribution in [2.24, 2.45) is 11.8 Å². The zero-order chi connectivity index (χ0) is 39.0. The molecule has 1 aromatic heterocycles. The summed E-state index contributed by atoms with van der Waals surface area (Å²) in [6, 6.07) is 14.8. The maximum absolute atomic E-state index is 14.8. The number of benzene rings is 3. The Kier molecular flexibility index (Phi) is 13.8. The quantitative estimate of drug-likeness (QED) is 0.0598. The summed E-state index contributed by atoms with van der Waals surface area (Å²) in [5.74, 6) is 0.547. The van der Waals surface area contributed by atoms with E-state index < -0.39 is 31.7 Å². The molecule has 3 nitrogen and oxygen atoms in total. The number of hydrogen-bond donors (Lipinski definition) is 1. The van der Waals surface area contributed by atoms with E-state index in [2.05, 4.69) is 24.1 Å². The van der Waals surface area contributed by atoms with E-state index in [4.69, 9.17) is 0 Å². The molecule has 0 atom stereocenters. The number of ketones is 1. The number of pyridine rings is 1. The first-order chi connectivity index (χ1) is 24.2. The average Bonchev–Trinajstić information content (AvgIpc) is 3.30. The molecular weight excluding hydrogens is 892 g/mol. The number of nitrogens with zero attached hydrogens (tertiary/aromatic N) is 1. The summed E-state index contributed by atoms with van der Waals surface area (Å²) in [6.07, 6.45) is -5.73. The molecule has 0 bridgehead atoms. The topological polar surface area (TPSA) is 50.2 Å². The first-order valence-electron chi connectivity index (χ1n) is 17.5. The molecule has 0 spiro atoms. The largest absolute Gasteiger partial charge is 0.512 e. The van der Waals surface area contributed by atoms with Crippen molar-refractivity contribution in [2.45, 2.75) is 98.3 Å². The van der Waals surface area contributed by atoms with Crippen LogP contribution in [0.15, 0.2) is 66.6 Å². The number of allylic oxidation sites excluding steroid dienone is 2. The number of fused-ring (bicyclic) bond motifs is 5. The minimum Gasteiger partial charge on any atom is -0.512 e. The number of carbonyl (C=O) groups excluding carboxylic acids is 1. The van der Waals surface area contributed by atoms with Crippen LogP contribution in [0.1, 0.15) is 70.1 Å². The SMILES string of the molecule is CCC(CC)C(=O)/C=C(\O)C(CC)CC.Cc1[c-]c(-c2nccc3c2[Si](C)(C)c2c-3ccc3cc(C(F)(C(F)(F)F)C(F)(F)F)ccc23)cc(C)c1.[Ir]. The van der Waals surface area contributed by atoms with Gasteiger partial charge in [0.1, 0.15) is 8.07 Å². The Balaban J connectivity index is 0.000000403. The van der Waals surface area contributed by atoms with Crippen LogP contribution in [0, 0.1) is 31.7 Å². The molecule has 3 aromatic carbocycles. The third-order valence-electron chi connectivity index (χ3n) is 10.2. The van der Waals surface area contributed by atoms with Crippen LogP contribution in [0.3, 0.4) is 0 Å². The Bertz CT molecular complexity index is 1950. The maximum Gasteiger partial charge on any atom is 0.435 e. The number of aliphatic hydroxyl groups is 1. The van der Waals surface area contributed by atoms with E-state index in [1.807, 2.05) is 59.7 Å². The fourth-order valence-electron chi connectivity index (χ4n) is 7.38. The van der Waals surface area contributed by atoms with Crippen LogP contribution >= 0.6 is 0 Å². The van der Waals surface area contributed by atoms with Crippen LogP contribution in [0.2, 0.25) is 13.1 Å². The molecule has 1 aliphatic heterocycles. The minimum atomic E-state index is -6.16. The zero-order valence-electron chi connectivity index (χ0n) is 31.0. The third kappa shape index (κ3) is 8.35. The molecule has 289 valence electrons. The Labute approximate surface area is 321 Å². The molecule has 5 rings (SSSR count). The summed E-state index contributed by atoms with van der Waals surface area (Å²) < 4.78 is 95.0. The third-order valence-corrected chi connectivity index (χ3v) is 13.7. The van der Waals surface area contributed by atoms with Crippen molar-refractivity contribution in [1.29, 1.82) is 0 Å². The first kappa shape index (κ1) is 44.1. The number of aromatic nitrogens is 1. The Morgan fingerprint density at radius 1 is 0.811 bits per heavy atom. The van der Waals surface area contributed by atoms with Gasteiger partial charge in [-0.1, -0.05) is 84.1 Å². The fraction of sp³-hybridized carbons (Fsp3) is 0.415. The van der Waals surface area contributed by atoms with Gasteiger partial charge < -0.3 is 10.1 Å². The van der Waals surface area contributed by atoms with Crippen molar-refractivity contribution in [3.05, 3.63) is 89.3 Å². The van der Waals surface area contributed by atoms with Crippen molar-refractivity contribution in [2.75, 3.05) is 0 Å². The standard InChI is InChI=1S/C28H21F7NSi.C13H24O2.Ir/c1-15-11-16(2)13-18(12-15)23-25-22(9-10-36-23)21-7-5-17-14-19(6-8-20(17)24(21)37(25,3)4)26(29,27(30,31)32)28(33,34)35;1-5-10(6-2)12(14)9-13(15)11(7-3)8-4;/h5-12,14H,1-4H3;9-11,14H,5-8H2,1-4H3;/q-1;;/b;12-9-;. The van der Waals surface area contributed by atoms with E-state index in [-0.39, 0.29) is 48.9 Å². The number of aliphatic hydroxyl groups excluding tert-OH is 1. The number of hydrogen-bond acceptors (Lipinski definition) is 3. The van der Waals surface area contributed by atoms with Crippen molar-refractivity contribution >= 4 is 35.0 Å². The van der Waals surface area contributed by atoms with Gasteiger partial charge in [-0.05, 0) is 70.6 Å². The van der Waals surface area contributed by atoms with Crippen LogP contribution in [0.25, 0.3) is 33.2 Å². The summed E-state index contributed by atoms with van der Waals surface area (Å²) in [5.41, 5.74) is -1.58. The van der Waals surface area contributed by atoms with E-state index in [1.165, 1.54) is 18.2 Å². The van der Waals surface area contributed by atoms with Crippen molar-refractivity contribution in [3.63, 3.8) is 0 Å². The van der Waals surface area contributed by atoms with Gasteiger partial charge in [0.25, 0.3) is 0 Å². The van der Waals surface area contributed by atoms with Gasteiger partial charge in [0.15, 0.2) is 5.78 Å². The fourth-order valence-corrected chi connectivity index (χ4v) is 11.1. The molecule has 0 saturated heterocycles. The summed E-state index contributed by atoms with van der Waals surface area (Å²) in [4.78, 5) is 16.4. The molecule has 1 aliphatic rings. The second-order valence-corrected chi connectivity index (χ2v) is 18.3. The Morgan fingerprint density at radius 2 is 1.38 bits per heavy atom. The Hall–Kier alpha value is -3.34. The molecule has 12 heteroatoms. The summed E-state index contributed by atoms with van der Waals surface area (Å²) in [6.45, 7) is 16.1. The Morgan fingerprint density at radius 3 is 1.91 bits per heavy atom. The molecule has 0 amide bonds. The van der Waals surface area contributed by atoms with E-state index in [1.54, 1.807) is 12.3 Å². The van der Waals surface area contributed by atoms with Crippen LogP contribution in [0.5, 0.6) is 0 Å². The summed E-state index contributed by atoms with van der Waals surface area (Å²) in [5, 5.41) is 12.3. The van der Waals surface area contributed by atoms with E-state index in [0.29, 0.717) is 17.5 Å². The molecular formula is C41H45F7IrNO2Si-. The summed E-state index contributed by atoms with van der Waals surface area (Å²) >= 11 is 0. The number of aryl methyl sites for hydroxylation is 2. The molecule has 0 aliphatic carbocycles. The van der Waals surface area contributed by atoms with Gasteiger partial charge in [0, 0.05) is 49.8 Å². The normalized spacial score (nSPS) is 14.1. The molecule has 1 radical (unpaired) electrons. The van der Waals surface area contributed by atoms with Gasteiger partial charge in [0.2, 0.25) is 0 Å². The number of alkyl halides is 7.